The standard InChI is InChI=1S/C22H20N4O3/c1-15-6-8-17(9-7-15)23-22(29)18-10-11-20(27)26(24-18)14-21(28)25-13-12-16-4-2-3-5-19(16)25/h2-11H,12-14H2,1H3,(H,23,29). The van der Waals surface area contributed by atoms with Crippen LogP contribution in [0.3, 0.4) is 0 Å². The van der Waals surface area contributed by atoms with E-state index in [1.807, 2.05) is 43.3 Å². The summed E-state index contributed by atoms with van der Waals surface area (Å²) in [6.45, 7) is 2.30. The van der Waals surface area contributed by atoms with Crippen molar-refractivity contribution in [2.45, 2.75) is 19.9 Å². The molecule has 29 heavy (non-hydrogen) atoms. The lowest BCUT2D eigenvalue weighted by molar-refractivity contribution is -0.119. The van der Waals surface area contributed by atoms with Crippen LogP contribution in [0.5, 0.6) is 0 Å². The molecular formula is C22H20N4O3. The minimum atomic E-state index is -0.443. The molecule has 3 aromatic rings. The molecule has 1 aliphatic heterocycles. The quantitative estimate of drug-likeness (QED) is 0.744. The van der Waals surface area contributed by atoms with Gasteiger partial charge in [0.25, 0.3) is 11.5 Å². The third-order valence-corrected chi connectivity index (χ3v) is 4.88. The van der Waals surface area contributed by atoms with Crippen LogP contribution in [0.25, 0.3) is 0 Å². The fraction of sp³-hybridized carbons (Fsp3) is 0.182. The topological polar surface area (TPSA) is 84.3 Å². The van der Waals surface area contributed by atoms with Crippen LogP contribution in [0.1, 0.15) is 21.6 Å². The molecule has 0 fully saturated rings. The lowest BCUT2D eigenvalue weighted by Crippen LogP contribution is -2.37. The van der Waals surface area contributed by atoms with Crippen LogP contribution in [0, 0.1) is 6.92 Å². The first-order valence-corrected chi connectivity index (χ1v) is 9.36. The summed E-state index contributed by atoms with van der Waals surface area (Å²) in [6, 6.07) is 17.7. The summed E-state index contributed by atoms with van der Waals surface area (Å²) in [5.74, 6) is -0.679. The van der Waals surface area contributed by atoms with E-state index in [9.17, 15) is 14.4 Å². The van der Waals surface area contributed by atoms with E-state index in [1.165, 1.54) is 12.1 Å². The van der Waals surface area contributed by atoms with E-state index < -0.39 is 11.5 Å². The number of carbonyl (C=O) groups is 2. The second-order valence-electron chi connectivity index (χ2n) is 6.96. The Morgan fingerprint density at radius 2 is 1.79 bits per heavy atom. The maximum absolute atomic E-state index is 12.8. The Balaban J connectivity index is 1.51. The zero-order valence-electron chi connectivity index (χ0n) is 16.0. The van der Waals surface area contributed by atoms with Crippen molar-refractivity contribution in [3.8, 4) is 0 Å². The van der Waals surface area contributed by atoms with E-state index in [4.69, 9.17) is 0 Å². The van der Waals surface area contributed by atoms with Gasteiger partial charge in [-0.25, -0.2) is 4.68 Å². The molecule has 0 aliphatic carbocycles. The average Bonchev–Trinajstić information content (AvgIpc) is 3.15. The van der Waals surface area contributed by atoms with Gasteiger partial charge >= 0.3 is 0 Å². The molecule has 7 heteroatoms. The summed E-state index contributed by atoms with van der Waals surface area (Å²) in [6.07, 6.45) is 0.781. The van der Waals surface area contributed by atoms with Crippen molar-refractivity contribution >= 4 is 23.2 Å². The number of rotatable bonds is 4. The van der Waals surface area contributed by atoms with Gasteiger partial charge in [0.2, 0.25) is 5.91 Å². The van der Waals surface area contributed by atoms with Gasteiger partial charge in [-0.15, -0.1) is 0 Å². The Morgan fingerprint density at radius 1 is 1.03 bits per heavy atom. The summed E-state index contributed by atoms with van der Waals surface area (Å²) in [5.41, 5.74) is 3.31. The number of anilines is 2. The molecule has 146 valence electrons. The molecular weight excluding hydrogens is 368 g/mol. The normalized spacial score (nSPS) is 12.5. The minimum Gasteiger partial charge on any atom is -0.321 e. The van der Waals surface area contributed by atoms with Gasteiger partial charge < -0.3 is 10.2 Å². The van der Waals surface area contributed by atoms with Crippen LogP contribution in [-0.4, -0.2) is 28.1 Å². The van der Waals surface area contributed by atoms with Crippen LogP contribution < -0.4 is 15.8 Å². The first-order valence-electron chi connectivity index (χ1n) is 9.36. The van der Waals surface area contributed by atoms with Crippen molar-refractivity contribution in [1.29, 1.82) is 0 Å². The molecule has 1 aliphatic rings. The van der Waals surface area contributed by atoms with Gasteiger partial charge in [-0.1, -0.05) is 35.9 Å². The minimum absolute atomic E-state index is 0.0693. The Kier molecular flexibility index (Phi) is 4.95. The highest BCUT2D eigenvalue weighted by atomic mass is 16.2. The fourth-order valence-electron chi connectivity index (χ4n) is 3.33. The number of benzene rings is 2. The van der Waals surface area contributed by atoms with E-state index >= 15 is 0 Å². The van der Waals surface area contributed by atoms with Crippen molar-refractivity contribution in [1.82, 2.24) is 9.78 Å². The molecule has 1 aromatic heterocycles. The molecule has 2 heterocycles. The number of carbonyl (C=O) groups excluding carboxylic acids is 2. The van der Waals surface area contributed by atoms with Crippen LogP contribution in [0.4, 0.5) is 11.4 Å². The zero-order chi connectivity index (χ0) is 20.4. The molecule has 0 spiro atoms. The Labute approximate surface area is 167 Å². The van der Waals surface area contributed by atoms with Gasteiger partial charge in [-0.05, 0) is 43.2 Å². The van der Waals surface area contributed by atoms with Gasteiger partial charge in [0.1, 0.15) is 12.2 Å². The summed E-state index contributed by atoms with van der Waals surface area (Å²) in [7, 11) is 0. The van der Waals surface area contributed by atoms with Gasteiger partial charge in [0.05, 0.1) is 0 Å². The second-order valence-corrected chi connectivity index (χ2v) is 6.96. The van der Waals surface area contributed by atoms with Gasteiger partial charge in [-0.2, -0.15) is 5.10 Å². The summed E-state index contributed by atoms with van der Waals surface area (Å²) < 4.78 is 1.04. The number of para-hydroxylation sites is 1. The smallest absolute Gasteiger partial charge is 0.276 e. The number of nitrogens with zero attached hydrogens (tertiary/aromatic N) is 3. The van der Waals surface area contributed by atoms with Crippen LogP contribution in [0.2, 0.25) is 0 Å². The molecule has 4 rings (SSSR count). The van der Waals surface area contributed by atoms with Gasteiger partial charge in [-0.3, -0.25) is 14.4 Å². The number of nitrogens with one attached hydrogen (secondary N) is 1. The van der Waals surface area contributed by atoms with E-state index in [0.29, 0.717) is 12.2 Å². The fourth-order valence-corrected chi connectivity index (χ4v) is 3.33. The Morgan fingerprint density at radius 3 is 2.59 bits per heavy atom. The molecule has 0 radical (unpaired) electrons. The zero-order valence-corrected chi connectivity index (χ0v) is 16.0. The summed E-state index contributed by atoms with van der Waals surface area (Å²) in [5, 5.41) is 6.84. The molecule has 0 atom stereocenters. The monoisotopic (exact) mass is 388 g/mol. The highest BCUT2D eigenvalue weighted by Crippen LogP contribution is 2.27. The SMILES string of the molecule is Cc1ccc(NC(=O)c2ccc(=O)n(CC(=O)N3CCc4ccccc43)n2)cc1. The lowest BCUT2D eigenvalue weighted by atomic mass is 10.2. The predicted molar refractivity (Wildman–Crippen MR) is 110 cm³/mol. The van der Waals surface area contributed by atoms with Crippen LogP contribution >= 0.6 is 0 Å². The van der Waals surface area contributed by atoms with Crippen LogP contribution in [-0.2, 0) is 17.8 Å². The van der Waals surface area contributed by atoms with E-state index in [1.54, 1.807) is 17.0 Å². The number of aromatic nitrogens is 2. The molecule has 0 saturated carbocycles. The lowest BCUT2D eigenvalue weighted by Gasteiger charge is -2.17. The Hall–Kier alpha value is -3.74. The van der Waals surface area contributed by atoms with Gasteiger partial charge in [0.15, 0.2) is 0 Å². The van der Waals surface area contributed by atoms with Crippen LogP contribution in [0.15, 0.2) is 65.5 Å². The first-order chi connectivity index (χ1) is 14.0. The molecule has 2 amide bonds. The summed E-state index contributed by atoms with van der Waals surface area (Å²) >= 11 is 0. The summed E-state index contributed by atoms with van der Waals surface area (Å²) in [4.78, 5) is 39.1. The van der Waals surface area contributed by atoms with Crippen molar-refractivity contribution in [3.05, 3.63) is 87.8 Å². The van der Waals surface area contributed by atoms with Gasteiger partial charge in [0, 0.05) is 24.0 Å². The predicted octanol–water partition coefficient (Wildman–Crippen LogP) is 2.39. The number of amides is 2. The first kappa shape index (κ1) is 18.6. The molecule has 0 bridgehead atoms. The van der Waals surface area contributed by atoms with E-state index in [0.717, 1.165) is 27.9 Å². The maximum Gasteiger partial charge on any atom is 0.276 e. The molecule has 0 unspecified atom stereocenters. The number of fused-ring (bicyclic) bond motifs is 1. The number of hydrogen-bond donors (Lipinski definition) is 1. The highest BCUT2D eigenvalue weighted by molar-refractivity contribution is 6.02. The molecule has 1 N–H and O–H groups in total. The number of hydrogen-bond acceptors (Lipinski definition) is 4. The maximum atomic E-state index is 12.8. The van der Waals surface area contributed by atoms with E-state index in [-0.39, 0.29) is 18.1 Å². The van der Waals surface area contributed by atoms with Crippen molar-refractivity contribution in [3.63, 3.8) is 0 Å². The molecule has 7 nitrogen and oxygen atoms in total. The second kappa shape index (κ2) is 7.71. The van der Waals surface area contributed by atoms with Crippen molar-refractivity contribution in [2.75, 3.05) is 16.8 Å². The third-order valence-electron chi connectivity index (χ3n) is 4.88. The van der Waals surface area contributed by atoms with Crippen molar-refractivity contribution < 1.29 is 9.59 Å². The number of aryl methyl sites for hydroxylation is 1. The van der Waals surface area contributed by atoms with E-state index in [2.05, 4.69) is 10.4 Å². The highest BCUT2D eigenvalue weighted by Gasteiger charge is 2.25. The molecule has 2 aromatic carbocycles. The average molecular weight is 388 g/mol. The largest absolute Gasteiger partial charge is 0.321 e. The van der Waals surface area contributed by atoms with Crippen molar-refractivity contribution in [2.24, 2.45) is 0 Å². The Bertz CT molecular complexity index is 1140. The molecule has 0 saturated heterocycles. The third kappa shape index (κ3) is 3.94.